The molecule has 0 saturated heterocycles. The monoisotopic (exact) mass is 290 g/mol. The lowest BCUT2D eigenvalue weighted by atomic mass is 10.1. The molecule has 0 aliphatic heterocycles. The van der Waals surface area contributed by atoms with Crippen LogP contribution in [0.25, 0.3) is 0 Å². The molecule has 0 aliphatic rings. The molecular formula is C15H15FN2O3. The van der Waals surface area contributed by atoms with E-state index < -0.39 is 5.82 Å². The van der Waals surface area contributed by atoms with Crippen molar-refractivity contribution in [2.24, 2.45) is 10.9 Å². The van der Waals surface area contributed by atoms with E-state index in [2.05, 4.69) is 5.16 Å². The molecule has 6 heteroatoms. The Balaban J connectivity index is 2.18. The number of hydrogen-bond donors (Lipinski definition) is 2. The molecule has 5 nitrogen and oxygen atoms in total. The SMILES string of the molecule is COc1ccccc1OCc1cc(F)cc(/C(N)=N/O)c1. The topological polar surface area (TPSA) is 77.1 Å². The highest BCUT2D eigenvalue weighted by Crippen LogP contribution is 2.26. The highest BCUT2D eigenvalue weighted by molar-refractivity contribution is 5.97. The number of benzene rings is 2. The van der Waals surface area contributed by atoms with Gasteiger partial charge in [-0.2, -0.15) is 0 Å². The largest absolute Gasteiger partial charge is 0.493 e. The van der Waals surface area contributed by atoms with Gasteiger partial charge in [0.15, 0.2) is 17.3 Å². The minimum atomic E-state index is -0.488. The van der Waals surface area contributed by atoms with E-state index in [1.54, 1.807) is 25.3 Å². The molecule has 0 amide bonds. The van der Waals surface area contributed by atoms with Crippen molar-refractivity contribution in [1.29, 1.82) is 0 Å². The minimum absolute atomic E-state index is 0.129. The maximum atomic E-state index is 13.5. The summed E-state index contributed by atoms with van der Waals surface area (Å²) in [4.78, 5) is 0. The van der Waals surface area contributed by atoms with E-state index in [0.717, 1.165) is 0 Å². The van der Waals surface area contributed by atoms with Gasteiger partial charge in [0.1, 0.15) is 12.4 Å². The van der Waals surface area contributed by atoms with Crippen LogP contribution in [0.15, 0.2) is 47.6 Å². The molecule has 2 aromatic rings. The highest BCUT2D eigenvalue weighted by Gasteiger charge is 2.07. The molecule has 0 heterocycles. The van der Waals surface area contributed by atoms with E-state index >= 15 is 0 Å². The molecule has 110 valence electrons. The van der Waals surface area contributed by atoms with Crippen molar-refractivity contribution in [2.75, 3.05) is 7.11 Å². The Bertz CT molecular complexity index is 659. The van der Waals surface area contributed by atoms with Crippen molar-refractivity contribution >= 4 is 5.84 Å². The molecule has 0 bridgehead atoms. The molecule has 0 aromatic heterocycles. The van der Waals surface area contributed by atoms with Crippen molar-refractivity contribution < 1.29 is 19.1 Å². The average molecular weight is 290 g/mol. The number of oxime groups is 1. The number of rotatable bonds is 5. The van der Waals surface area contributed by atoms with Crippen molar-refractivity contribution in [3.63, 3.8) is 0 Å². The summed E-state index contributed by atoms with van der Waals surface area (Å²) < 4.78 is 24.3. The van der Waals surface area contributed by atoms with E-state index in [1.807, 2.05) is 12.1 Å². The van der Waals surface area contributed by atoms with Crippen LogP contribution in [0.4, 0.5) is 4.39 Å². The maximum absolute atomic E-state index is 13.5. The Hall–Kier alpha value is -2.76. The van der Waals surface area contributed by atoms with Crippen molar-refractivity contribution in [3.05, 3.63) is 59.4 Å². The van der Waals surface area contributed by atoms with Crippen LogP contribution in [0.2, 0.25) is 0 Å². The second-order valence-corrected chi connectivity index (χ2v) is 4.27. The summed E-state index contributed by atoms with van der Waals surface area (Å²) in [6, 6.07) is 11.2. The molecule has 0 saturated carbocycles. The quantitative estimate of drug-likeness (QED) is 0.384. The van der Waals surface area contributed by atoms with Gasteiger partial charge in [-0.1, -0.05) is 17.3 Å². The third-order valence-electron chi connectivity index (χ3n) is 2.82. The summed E-state index contributed by atoms with van der Waals surface area (Å²) in [6.45, 7) is 0.129. The molecule has 2 rings (SSSR count). The number of nitrogens with two attached hydrogens (primary N) is 1. The first-order chi connectivity index (χ1) is 10.1. The number of methoxy groups -OCH3 is 1. The molecule has 0 unspecified atom stereocenters. The molecule has 0 aliphatic carbocycles. The number of amidine groups is 1. The zero-order valence-electron chi connectivity index (χ0n) is 11.4. The zero-order chi connectivity index (χ0) is 15.2. The first-order valence-electron chi connectivity index (χ1n) is 6.17. The Morgan fingerprint density at radius 1 is 1.24 bits per heavy atom. The smallest absolute Gasteiger partial charge is 0.170 e. The average Bonchev–Trinajstić information content (AvgIpc) is 2.51. The molecule has 0 fully saturated rings. The molecule has 0 spiro atoms. The summed E-state index contributed by atoms with van der Waals surface area (Å²) in [7, 11) is 1.54. The third kappa shape index (κ3) is 3.62. The van der Waals surface area contributed by atoms with E-state index in [4.69, 9.17) is 20.4 Å². The van der Waals surface area contributed by atoms with Gasteiger partial charge in [0.05, 0.1) is 7.11 Å². The highest BCUT2D eigenvalue weighted by atomic mass is 19.1. The molecule has 0 atom stereocenters. The van der Waals surface area contributed by atoms with Crippen LogP contribution in [0.3, 0.4) is 0 Å². The van der Waals surface area contributed by atoms with Gasteiger partial charge >= 0.3 is 0 Å². The van der Waals surface area contributed by atoms with E-state index in [9.17, 15) is 4.39 Å². The number of para-hydroxylation sites is 2. The van der Waals surface area contributed by atoms with Gasteiger partial charge in [0.2, 0.25) is 0 Å². The van der Waals surface area contributed by atoms with Gasteiger partial charge in [-0.3, -0.25) is 0 Å². The standard InChI is InChI=1S/C15H15FN2O3/c1-20-13-4-2-3-5-14(13)21-9-10-6-11(15(17)18-19)8-12(16)7-10/h2-8,19H,9H2,1H3,(H2,17,18). The molecular weight excluding hydrogens is 275 g/mol. The summed E-state index contributed by atoms with van der Waals surface area (Å²) in [6.07, 6.45) is 0. The van der Waals surface area contributed by atoms with Crippen molar-refractivity contribution in [3.8, 4) is 11.5 Å². The Labute approximate surface area is 121 Å². The van der Waals surface area contributed by atoms with Crippen LogP contribution in [0.5, 0.6) is 11.5 Å². The van der Waals surface area contributed by atoms with Gasteiger partial charge in [-0.25, -0.2) is 4.39 Å². The molecule has 0 radical (unpaired) electrons. The number of nitrogens with zero attached hydrogens (tertiary/aromatic N) is 1. The number of hydrogen-bond acceptors (Lipinski definition) is 4. The first kappa shape index (κ1) is 14.6. The minimum Gasteiger partial charge on any atom is -0.493 e. The lowest BCUT2D eigenvalue weighted by molar-refractivity contribution is 0.284. The summed E-state index contributed by atoms with van der Waals surface area (Å²) >= 11 is 0. The fourth-order valence-corrected chi connectivity index (χ4v) is 1.84. The van der Waals surface area contributed by atoms with Crippen molar-refractivity contribution in [2.45, 2.75) is 6.61 Å². The van der Waals surface area contributed by atoms with Crippen LogP contribution in [-0.4, -0.2) is 18.2 Å². The number of ether oxygens (including phenoxy) is 2. The van der Waals surface area contributed by atoms with Crippen LogP contribution in [0, 0.1) is 5.82 Å². The van der Waals surface area contributed by atoms with Gasteiger partial charge in [0.25, 0.3) is 0 Å². The predicted molar refractivity (Wildman–Crippen MR) is 76.2 cm³/mol. The fourth-order valence-electron chi connectivity index (χ4n) is 1.84. The number of halogens is 1. The fraction of sp³-hybridized carbons (Fsp3) is 0.133. The van der Waals surface area contributed by atoms with E-state index in [0.29, 0.717) is 17.1 Å². The summed E-state index contributed by atoms with van der Waals surface area (Å²) in [5.41, 5.74) is 6.30. The van der Waals surface area contributed by atoms with Gasteiger partial charge < -0.3 is 20.4 Å². The first-order valence-corrected chi connectivity index (χ1v) is 6.17. The normalized spacial score (nSPS) is 11.2. The molecule has 21 heavy (non-hydrogen) atoms. The Kier molecular flexibility index (Phi) is 4.61. The van der Waals surface area contributed by atoms with Crippen LogP contribution in [-0.2, 0) is 6.61 Å². The second kappa shape index (κ2) is 6.60. The maximum Gasteiger partial charge on any atom is 0.170 e. The Morgan fingerprint density at radius 2 is 1.95 bits per heavy atom. The summed E-state index contributed by atoms with van der Waals surface area (Å²) in [5, 5.41) is 11.5. The predicted octanol–water partition coefficient (Wildman–Crippen LogP) is 2.51. The molecule has 3 N–H and O–H groups in total. The summed E-state index contributed by atoms with van der Waals surface area (Å²) in [5.74, 6) is 0.492. The van der Waals surface area contributed by atoms with Gasteiger partial charge in [0, 0.05) is 5.56 Å². The van der Waals surface area contributed by atoms with Crippen LogP contribution < -0.4 is 15.2 Å². The molecule has 2 aromatic carbocycles. The second-order valence-electron chi connectivity index (χ2n) is 4.27. The third-order valence-corrected chi connectivity index (χ3v) is 2.82. The zero-order valence-corrected chi connectivity index (χ0v) is 11.4. The Morgan fingerprint density at radius 3 is 2.62 bits per heavy atom. The van der Waals surface area contributed by atoms with Gasteiger partial charge in [-0.05, 0) is 35.9 Å². The van der Waals surface area contributed by atoms with Crippen LogP contribution >= 0.6 is 0 Å². The van der Waals surface area contributed by atoms with Crippen LogP contribution in [0.1, 0.15) is 11.1 Å². The van der Waals surface area contributed by atoms with Gasteiger partial charge in [-0.15, -0.1) is 0 Å². The lowest BCUT2D eigenvalue weighted by Gasteiger charge is -2.11. The lowest BCUT2D eigenvalue weighted by Crippen LogP contribution is -2.14. The van der Waals surface area contributed by atoms with E-state index in [-0.39, 0.29) is 18.0 Å². The van der Waals surface area contributed by atoms with Crippen molar-refractivity contribution in [1.82, 2.24) is 0 Å². The van der Waals surface area contributed by atoms with E-state index in [1.165, 1.54) is 12.1 Å².